The van der Waals surface area contributed by atoms with Crippen LogP contribution in [0.25, 0.3) is 5.69 Å². The molecule has 0 radical (unpaired) electrons. The Morgan fingerprint density at radius 2 is 1.88 bits per heavy atom. The van der Waals surface area contributed by atoms with Gasteiger partial charge in [0.25, 0.3) is 5.91 Å². The van der Waals surface area contributed by atoms with Gasteiger partial charge in [0, 0.05) is 29.8 Å². The van der Waals surface area contributed by atoms with Crippen molar-refractivity contribution < 1.29 is 14.6 Å². The van der Waals surface area contributed by atoms with Crippen LogP contribution in [0, 0.1) is 19.3 Å². The van der Waals surface area contributed by atoms with Gasteiger partial charge in [-0.2, -0.15) is 5.10 Å². The lowest BCUT2D eigenvalue weighted by Crippen LogP contribution is -2.48. The molecule has 168 valence electrons. The molecule has 0 unspecified atom stereocenters. The summed E-state index contributed by atoms with van der Waals surface area (Å²) in [5.41, 5.74) is 3.29. The molecule has 1 fully saturated rings. The first-order valence-electron chi connectivity index (χ1n) is 11.2. The highest BCUT2D eigenvalue weighted by Gasteiger charge is 2.37. The number of para-hydroxylation sites is 1. The van der Waals surface area contributed by atoms with Gasteiger partial charge >= 0.3 is 0 Å². The van der Waals surface area contributed by atoms with Gasteiger partial charge in [0.2, 0.25) is 0 Å². The molecule has 2 aromatic carbocycles. The third-order valence-electron chi connectivity index (χ3n) is 6.30. The van der Waals surface area contributed by atoms with Gasteiger partial charge in [0.15, 0.2) is 0 Å². The number of carbonyl (C=O) groups is 1. The van der Waals surface area contributed by atoms with E-state index in [2.05, 4.69) is 5.10 Å². The molecule has 32 heavy (non-hydrogen) atoms. The Labute approximate surface area is 189 Å². The number of benzene rings is 2. The van der Waals surface area contributed by atoms with Gasteiger partial charge in [0.05, 0.1) is 24.6 Å². The summed E-state index contributed by atoms with van der Waals surface area (Å²) in [7, 11) is 0. The summed E-state index contributed by atoms with van der Waals surface area (Å²) in [6.45, 7) is 5.80. The van der Waals surface area contributed by atoms with Gasteiger partial charge in [-0.1, -0.05) is 18.2 Å². The van der Waals surface area contributed by atoms with Crippen molar-refractivity contribution in [2.75, 3.05) is 26.3 Å². The summed E-state index contributed by atoms with van der Waals surface area (Å²) in [6.07, 6.45) is 2.48. The molecular formula is C26H31N3O3. The maximum absolute atomic E-state index is 13.2. The van der Waals surface area contributed by atoms with Gasteiger partial charge in [-0.25, -0.2) is 4.68 Å². The smallest absolute Gasteiger partial charge is 0.253 e. The Hall–Kier alpha value is -3.12. The number of amides is 1. The average molecular weight is 434 g/mol. The SMILES string of the molecule is Cc1cc(C)n(-c2ccc(C(=O)N3CCC[C@](CO)(CCOc4ccccc4)C3)cc2)n1. The Morgan fingerprint density at radius 3 is 2.53 bits per heavy atom. The van der Waals surface area contributed by atoms with E-state index in [1.54, 1.807) is 0 Å². The van der Waals surface area contributed by atoms with Crippen LogP contribution < -0.4 is 4.74 Å². The number of ether oxygens (including phenoxy) is 1. The van der Waals surface area contributed by atoms with Gasteiger partial charge in [-0.3, -0.25) is 4.79 Å². The van der Waals surface area contributed by atoms with Crippen molar-refractivity contribution in [3.05, 3.63) is 77.6 Å². The first-order valence-corrected chi connectivity index (χ1v) is 11.2. The number of aryl methyl sites for hydroxylation is 2. The summed E-state index contributed by atoms with van der Waals surface area (Å²) in [5, 5.41) is 14.7. The quantitative estimate of drug-likeness (QED) is 0.607. The number of hydrogen-bond donors (Lipinski definition) is 1. The van der Waals surface area contributed by atoms with Gasteiger partial charge in [0.1, 0.15) is 5.75 Å². The number of piperidine rings is 1. The molecular weight excluding hydrogens is 402 g/mol. The van der Waals surface area contributed by atoms with E-state index >= 15 is 0 Å². The molecule has 1 saturated heterocycles. The number of likely N-dealkylation sites (tertiary alicyclic amines) is 1. The summed E-state index contributed by atoms with van der Waals surface area (Å²) < 4.78 is 7.74. The van der Waals surface area contributed by atoms with Crippen LogP contribution >= 0.6 is 0 Å². The number of nitrogens with zero attached hydrogens (tertiary/aromatic N) is 3. The number of hydrogen-bond acceptors (Lipinski definition) is 4. The van der Waals surface area contributed by atoms with E-state index in [1.807, 2.05) is 84.1 Å². The standard InChI is InChI=1S/C26H31N3O3/c1-20-17-21(2)29(27-20)23-11-9-22(10-12-23)25(31)28-15-6-13-26(18-28,19-30)14-16-32-24-7-4-3-5-8-24/h3-5,7-12,17,30H,6,13-16,18-19H2,1-2H3/t26-/m0/s1. The summed E-state index contributed by atoms with van der Waals surface area (Å²) in [6, 6.07) is 19.3. The molecule has 3 aromatic rings. The second-order valence-electron chi connectivity index (χ2n) is 8.79. The fourth-order valence-electron chi connectivity index (χ4n) is 4.51. The molecule has 6 heteroatoms. The highest BCUT2D eigenvalue weighted by Crippen LogP contribution is 2.34. The van der Waals surface area contributed by atoms with Gasteiger partial charge < -0.3 is 14.7 Å². The summed E-state index contributed by atoms with van der Waals surface area (Å²) >= 11 is 0. The minimum absolute atomic E-state index is 0.00594. The normalized spacial score (nSPS) is 18.5. The number of aliphatic hydroxyl groups is 1. The van der Waals surface area contributed by atoms with Crippen molar-refractivity contribution in [1.82, 2.24) is 14.7 Å². The monoisotopic (exact) mass is 433 g/mol. The van der Waals surface area contributed by atoms with E-state index in [0.717, 1.165) is 35.7 Å². The molecule has 1 aromatic heterocycles. The van der Waals surface area contributed by atoms with Crippen LogP contribution in [0.2, 0.25) is 0 Å². The molecule has 2 heterocycles. The molecule has 1 N–H and O–H groups in total. The zero-order valence-corrected chi connectivity index (χ0v) is 18.8. The molecule has 1 aliphatic rings. The van der Waals surface area contributed by atoms with Crippen molar-refractivity contribution in [2.45, 2.75) is 33.1 Å². The van der Waals surface area contributed by atoms with E-state index < -0.39 is 0 Å². The van der Waals surface area contributed by atoms with Crippen LogP contribution in [0.4, 0.5) is 0 Å². The first kappa shape index (κ1) is 22.1. The lowest BCUT2D eigenvalue weighted by atomic mass is 9.78. The van der Waals surface area contributed by atoms with Crippen LogP contribution in [-0.2, 0) is 0 Å². The number of carbonyl (C=O) groups excluding carboxylic acids is 1. The predicted octanol–water partition coefficient (Wildman–Crippen LogP) is 4.17. The van der Waals surface area contributed by atoms with E-state index in [0.29, 0.717) is 31.7 Å². The van der Waals surface area contributed by atoms with Gasteiger partial charge in [-0.05, 0) is 75.6 Å². The molecule has 0 saturated carbocycles. The maximum atomic E-state index is 13.2. The first-order chi connectivity index (χ1) is 15.5. The molecule has 0 aliphatic carbocycles. The van der Waals surface area contributed by atoms with Crippen molar-refractivity contribution in [3.8, 4) is 11.4 Å². The Bertz CT molecular complexity index is 1050. The van der Waals surface area contributed by atoms with Crippen molar-refractivity contribution in [1.29, 1.82) is 0 Å². The lowest BCUT2D eigenvalue weighted by molar-refractivity contribution is 0.0156. The molecule has 1 amide bonds. The predicted molar refractivity (Wildman–Crippen MR) is 124 cm³/mol. The minimum atomic E-state index is -0.327. The molecule has 4 rings (SSSR count). The molecule has 0 spiro atoms. The third kappa shape index (κ3) is 4.86. The zero-order chi connectivity index (χ0) is 22.6. The maximum Gasteiger partial charge on any atom is 0.253 e. The van der Waals surface area contributed by atoms with E-state index in [4.69, 9.17) is 4.74 Å². The van der Waals surface area contributed by atoms with Crippen LogP contribution in [0.15, 0.2) is 60.7 Å². The van der Waals surface area contributed by atoms with E-state index in [-0.39, 0.29) is 17.9 Å². The van der Waals surface area contributed by atoms with E-state index in [1.165, 1.54) is 0 Å². The molecule has 1 atom stereocenters. The van der Waals surface area contributed by atoms with Gasteiger partial charge in [-0.15, -0.1) is 0 Å². The van der Waals surface area contributed by atoms with Crippen LogP contribution in [0.1, 0.15) is 41.0 Å². The fraction of sp³-hybridized carbons (Fsp3) is 0.385. The van der Waals surface area contributed by atoms with Crippen molar-refractivity contribution >= 4 is 5.91 Å². The Morgan fingerprint density at radius 1 is 1.12 bits per heavy atom. The second-order valence-corrected chi connectivity index (χ2v) is 8.79. The average Bonchev–Trinajstić information content (AvgIpc) is 3.17. The largest absolute Gasteiger partial charge is 0.494 e. The van der Waals surface area contributed by atoms with Crippen LogP contribution in [-0.4, -0.2) is 52.0 Å². The number of aliphatic hydroxyl groups excluding tert-OH is 1. The highest BCUT2D eigenvalue weighted by molar-refractivity contribution is 5.94. The summed E-state index contributed by atoms with van der Waals surface area (Å²) in [4.78, 5) is 15.1. The second kappa shape index (κ2) is 9.57. The lowest BCUT2D eigenvalue weighted by Gasteiger charge is -2.42. The molecule has 0 bridgehead atoms. The Balaban J connectivity index is 1.41. The number of rotatable bonds is 7. The minimum Gasteiger partial charge on any atom is -0.494 e. The fourth-order valence-corrected chi connectivity index (χ4v) is 4.51. The number of aromatic nitrogens is 2. The van der Waals surface area contributed by atoms with Crippen molar-refractivity contribution in [2.24, 2.45) is 5.41 Å². The van der Waals surface area contributed by atoms with Crippen LogP contribution in [0.3, 0.4) is 0 Å². The zero-order valence-electron chi connectivity index (χ0n) is 18.8. The topological polar surface area (TPSA) is 67.6 Å². The third-order valence-corrected chi connectivity index (χ3v) is 6.30. The van der Waals surface area contributed by atoms with Crippen molar-refractivity contribution in [3.63, 3.8) is 0 Å². The molecule has 1 aliphatic heterocycles. The van der Waals surface area contributed by atoms with Crippen LogP contribution in [0.5, 0.6) is 5.75 Å². The highest BCUT2D eigenvalue weighted by atomic mass is 16.5. The summed E-state index contributed by atoms with van der Waals surface area (Å²) in [5.74, 6) is 0.832. The Kier molecular flexibility index (Phi) is 6.61. The molecule has 6 nitrogen and oxygen atoms in total. The van der Waals surface area contributed by atoms with E-state index in [9.17, 15) is 9.90 Å².